The van der Waals surface area contributed by atoms with Gasteiger partial charge in [0.1, 0.15) is 0 Å². The molecule has 1 atom stereocenters. The van der Waals surface area contributed by atoms with Gasteiger partial charge in [-0.25, -0.2) is 0 Å². The van der Waals surface area contributed by atoms with Crippen molar-refractivity contribution in [2.45, 2.75) is 25.8 Å². The van der Waals surface area contributed by atoms with Gasteiger partial charge in [0.05, 0.1) is 19.8 Å². The Morgan fingerprint density at radius 3 is 2.69 bits per heavy atom. The van der Waals surface area contributed by atoms with Gasteiger partial charge in [-0.1, -0.05) is 0 Å². The maximum absolute atomic E-state index is 5.40. The van der Waals surface area contributed by atoms with Gasteiger partial charge in [-0.05, 0) is 25.7 Å². The summed E-state index contributed by atoms with van der Waals surface area (Å²) >= 11 is 0. The topological polar surface area (TPSA) is 39.7 Å². The van der Waals surface area contributed by atoms with Gasteiger partial charge in [0.25, 0.3) is 0 Å². The van der Waals surface area contributed by atoms with Crippen LogP contribution in [0.3, 0.4) is 0 Å². The van der Waals surface area contributed by atoms with Crippen LogP contribution in [0.25, 0.3) is 0 Å². The molecule has 4 heteroatoms. The standard InChI is InChI=1S/C12H25NO3/c1-11(12-3-6-15-7-4-12)13-5-8-16-10-9-14-2/h11-13H,3-10H2,1-2H3. The van der Waals surface area contributed by atoms with E-state index in [-0.39, 0.29) is 0 Å². The summed E-state index contributed by atoms with van der Waals surface area (Å²) < 4.78 is 15.7. The molecular weight excluding hydrogens is 206 g/mol. The van der Waals surface area contributed by atoms with Gasteiger partial charge in [-0.3, -0.25) is 0 Å². The second-order valence-corrected chi connectivity index (χ2v) is 4.30. The van der Waals surface area contributed by atoms with Crippen molar-refractivity contribution in [1.29, 1.82) is 0 Å². The molecule has 1 saturated heterocycles. The first-order valence-electron chi connectivity index (χ1n) is 6.22. The van der Waals surface area contributed by atoms with Crippen LogP contribution in [-0.4, -0.2) is 52.7 Å². The van der Waals surface area contributed by atoms with Crippen molar-refractivity contribution < 1.29 is 14.2 Å². The summed E-state index contributed by atoms with van der Waals surface area (Å²) in [5.41, 5.74) is 0. The Bertz CT molecular complexity index is 160. The summed E-state index contributed by atoms with van der Waals surface area (Å²) in [7, 11) is 1.69. The highest BCUT2D eigenvalue weighted by Crippen LogP contribution is 2.18. The number of nitrogens with one attached hydrogen (secondary N) is 1. The van der Waals surface area contributed by atoms with E-state index in [4.69, 9.17) is 14.2 Å². The van der Waals surface area contributed by atoms with Gasteiger partial charge in [0.15, 0.2) is 0 Å². The Hall–Kier alpha value is -0.160. The number of methoxy groups -OCH3 is 1. The van der Waals surface area contributed by atoms with Crippen LogP contribution in [0, 0.1) is 5.92 Å². The minimum absolute atomic E-state index is 0.565. The van der Waals surface area contributed by atoms with Crippen molar-refractivity contribution in [3.8, 4) is 0 Å². The summed E-state index contributed by atoms with van der Waals surface area (Å²) in [6, 6.07) is 0.565. The lowest BCUT2D eigenvalue weighted by atomic mass is 9.93. The predicted molar refractivity (Wildman–Crippen MR) is 63.7 cm³/mol. The third-order valence-electron chi connectivity index (χ3n) is 3.12. The minimum atomic E-state index is 0.565. The average molecular weight is 231 g/mol. The fourth-order valence-electron chi connectivity index (χ4n) is 1.99. The SMILES string of the molecule is COCCOCCNC(C)C1CCOCC1. The molecular formula is C12H25NO3. The first kappa shape index (κ1) is 13.9. The number of hydrogen-bond acceptors (Lipinski definition) is 4. The monoisotopic (exact) mass is 231 g/mol. The van der Waals surface area contributed by atoms with E-state index in [0.717, 1.165) is 32.3 Å². The van der Waals surface area contributed by atoms with Crippen LogP contribution in [0.2, 0.25) is 0 Å². The van der Waals surface area contributed by atoms with Crippen molar-refractivity contribution in [2.24, 2.45) is 5.92 Å². The molecule has 4 nitrogen and oxygen atoms in total. The maximum Gasteiger partial charge on any atom is 0.0700 e. The minimum Gasteiger partial charge on any atom is -0.382 e. The van der Waals surface area contributed by atoms with Crippen molar-refractivity contribution in [3.63, 3.8) is 0 Å². The molecule has 1 unspecified atom stereocenters. The highest BCUT2D eigenvalue weighted by Gasteiger charge is 2.19. The first-order chi connectivity index (χ1) is 7.84. The molecule has 0 aromatic rings. The molecule has 1 N–H and O–H groups in total. The molecule has 1 aliphatic rings. The van der Waals surface area contributed by atoms with E-state index < -0.39 is 0 Å². The van der Waals surface area contributed by atoms with Gasteiger partial charge in [-0.15, -0.1) is 0 Å². The Morgan fingerprint density at radius 2 is 2.00 bits per heavy atom. The fraction of sp³-hybridized carbons (Fsp3) is 1.00. The number of hydrogen-bond donors (Lipinski definition) is 1. The van der Waals surface area contributed by atoms with Crippen molar-refractivity contribution in [3.05, 3.63) is 0 Å². The molecule has 1 heterocycles. The van der Waals surface area contributed by atoms with Gasteiger partial charge in [0.2, 0.25) is 0 Å². The molecule has 0 spiro atoms. The van der Waals surface area contributed by atoms with Crippen molar-refractivity contribution in [1.82, 2.24) is 5.32 Å². The summed E-state index contributed by atoms with van der Waals surface area (Å²) in [5.74, 6) is 0.757. The zero-order valence-electron chi connectivity index (χ0n) is 10.5. The lowest BCUT2D eigenvalue weighted by molar-refractivity contribution is 0.0507. The summed E-state index contributed by atoms with van der Waals surface area (Å²) in [6.07, 6.45) is 2.36. The van der Waals surface area contributed by atoms with E-state index in [1.165, 1.54) is 12.8 Å². The van der Waals surface area contributed by atoms with Crippen LogP contribution < -0.4 is 5.32 Å². The third-order valence-corrected chi connectivity index (χ3v) is 3.12. The van der Waals surface area contributed by atoms with Crippen molar-refractivity contribution in [2.75, 3.05) is 46.7 Å². The van der Waals surface area contributed by atoms with Crippen LogP contribution in [0.15, 0.2) is 0 Å². The molecule has 0 saturated carbocycles. The molecule has 16 heavy (non-hydrogen) atoms. The first-order valence-corrected chi connectivity index (χ1v) is 6.22. The summed E-state index contributed by atoms with van der Waals surface area (Å²) in [5, 5.41) is 3.51. The van der Waals surface area contributed by atoms with Crippen LogP contribution in [0.5, 0.6) is 0 Å². The van der Waals surface area contributed by atoms with E-state index in [0.29, 0.717) is 19.3 Å². The lowest BCUT2D eigenvalue weighted by Crippen LogP contribution is -2.38. The quantitative estimate of drug-likeness (QED) is 0.634. The van der Waals surface area contributed by atoms with Gasteiger partial charge in [0, 0.05) is 32.9 Å². The molecule has 0 amide bonds. The van der Waals surface area contributed by atoms with Crippen LogP contribution in [0.1, 0.15) is 19.8 Å². The van der Waals surface area contributed by atoms with Gasteiger partial charge in [-0.2, -0.15) is 0 Å². The average Bonchev–Trinajstić information content (AvgIpc) is 2.34. The molecule has 0 aromatic heterocycles. The summed E-state index contributed by atoms with van der Waals surface area (Å²) in [6.45, 7) is 7.13. The second kappa shape index (κ2) is 8.93. The Balaban J connectivity index is 1.94. The highest BCUT2D eigenvalue weighted by molar-refractivity contribution is 4.74. The molecule has 0 bridgehead atoms. The molecule has 1 rings (SSSR count). The molecule has 0 aromatic carbocycles. The van der Waals surface area contributed by atoms with Crippen LogP contribution in [0.4, 0.5) is 0 Å². The maximum atomic E-state index is 5.40. The van der Waals surface area contributed by atoms with Crippen LogP contribution in [-0.2, 0) is 14.2 Å². The Labute approximate surface area is 98.6 Å². The van der Waals surface area contributed by atoms with E-state index in [1.54, 1.807) is 7.11 Å². The van der Waals surface area contributed by atoms with E-state index in [1.807, 2.05) is 0 Å². The zero-order chi connectivity index (χ0) is 11.6. The molecule has 96 valence electrons. The number of rotatable bonds is 8. The molecule has 1 aliphatic heterocycles. The Kier molecular flexibility index (Phi) is 7.76. The largest absolute Gasteiger partial charge is 0.382 e. The second-order valence-electron chi connectivity index (χ2n) is 4.30. The predicted octanol–water partition coefficient (Wildman–Crippen LogP) is 1.05. The fourth-order valence-corrected chi connectivity index (χ4v) is 1.99. The summed E-state index contributed by atoms with van der Waals surface area (Å²) in [4.78, 5) is 0. The molecule has 1 fully saturated rings. The van der Waals surface area contributed by atoms with E-state index in [9.17, 15) is 0 Å². The van der Waals surface area contributed by atoms with Crippen molar-refractivity contribution >= 4 is 0 Å². The number of ether oxygens (including phenoxy) is 3. The van der Waals surface area contributed by atoms with Crippen LogP contribution >= 0.6 is 0 Å². The normalized spacial score (nSPS) is 19.9. The highest BCUT2D eigenvalue weighted by atomic mass is 16.5. The van der Waals surface area contributed by atoms with Gasteiger partial charge < -0.3 is 19.5 Å². The Morgan fingerprint density at radius 1 is 1.25 bits per heavy atom. The molecule has 0 radical (unpaired) electrons. The molecule has 0 aliphatic carbocycles. The third kappa shape index (κ3) is 5.80. The van der Waals surface area contributed by atoms with Gasteiger partial charge >= 0.3 is 0 Å². The van der Waals surface area contributed by atoms with E-state index in [2.05, 4.69) is 12.2 Å². The lowest BCUT2D eigenvalue weighted by Gasteiger charge is -2.28. The van der Waals surface area contributed by atoms with E-state index >= 15 is 0 Å². The zero-order valence-corrected chi connectivity index (χ0v) is 10.5. The smallest absolute Gasteiger partial charge is 0.0700 e.